The molecule has 1 amide bonds. The molecule has 1 saturated heterocycles. The zero-order valence-corrected chi connectivity index (χ0v) is 14.7. The van der Waals surface area contributed by atoms with E-state index in [2.05, 4.69) is 32.4 Å². The molecule has 0 saturated carbocycles. The van der Waals surface area contributed by atoms with Gasteiger partial charge in [0.15, 0.2) is 5.96 Å². The van der Waals surface area contributed by atoms with Gasteiger partial charge in [-0.2, -0.15) is 0 Å². The number of primary amides is 1. The maximum absolute atomic E-state index is 11.0. The molecule has 8 heteroatoms. The normalized spacial score (nSPS) is 17.2. The highest BCUT2D eigenvalue weighted by Gasteiger charge is 2.20. The Balaban J connectivity index is 1.83. The minimum atomic E-state index is -0.259. The van der Waals surface area contributed by atoms with Crippen LogP contribution in [-0.4, -0.2) is 54.0 Å². The number of rotatable bonds is 6. The van der Waals surface area contributed by atoms with Crippen LogP contribution >= 0.6 is 11.3 Å². The van der Waals surface area contributed by atoms with Crippen LogP contribution in [-0.2, 0) is 11.3 Å². The number of carbonyl (C=O) groups is 1. The smallest absolute Gasteiger partial charge is 0.231 e. The van der Waals surface area contributed by atoms with Crippen molar-refractivity contribution in [3.8, 4) is 0 Å². The molecule has 1 fully saturated rings. The third-order valence-electron chi connectivity index (χ3n) is 3.69. The van der Waals surface area contributed by atoms with Crippen molar-refractivity contribution < 1.29 is 4.79 Å². The first kappa shape index (κ1) is 17.7. The number of aromatic nitrogens is 1. The van der Waals surface area contributed by atoms with Gasteiger partial charge in [0.25, 0.3) is 0 Å². The van der Waals surface area contributed by atoms with Gasteiger partial charge in [-0.25, -0.2) is 9.98 Å². The molecule has 2 heterocycles. The van der Waals surface area contributed by atoms with E-state index in [9.17, 15) is 4.79 Å². The predicted octanol–water partition coefficient (Wildman–Crippen LogP) is 0.456. The van der Waals surface area contributed by atoms with Crippen LogP contribution in [0.4, 0.5) is 0 Å². The molecule has 1 aromatic rings. The number of hydrogen-bond donors (Lipinski definition) is 3. The summed E-state index contributed by atoms with van der Waals surface area (Å²) in [4.78, 5) is 23.2. The lowest BCUT2D eigenvalue weighted by Gasteiger charge is -2.32. The lowest BCUT2D eigenvalue weighted by atomic mass is 10.1. The quantitative estimate of drug-likeness (QED) is 0.517. The van der Waals surface area contributed by atoms with Gasteiger partial charge in [0, 0.05) is 36.8 Å². The Bertz CT molecular complexity index is 536. The highest BCUT2D eigenvalue weighted by molar-refractivity contribution is 7.11. The van der Waals surface area contributed by atoms with Gasteiger partial charge < -0.3 is 16.4 Å². The molecule has 0 atom stereocenters. The van der Waals surface area contributed by atoms with Gasteiger partial charge in [-0.1, -0.05) is 0 Å². The summed E-state index contributed by atoms with van der Waals surface area (Å²) < 4.78 is 0. The number of aliphatic imine (C=N–C) groups is 1. The van der Waals surface area contributed by atoms with Crippen molar-refractivity contribution in [2.75, 3.05) is 26.2 Å². The van der Waals surface area contributed by atoms with E-state index >= 15 is 0 Å². The first-order valence-corrected chi connectivity index (χ1v) is 8.85. The summed E-state index contributed by atoms with van der Waals surface area (Å²) in [6.45, 7) is 7.63. The highest BCUT2D eigenvalue weighted by Crippen LogP contribution is 2.12. The second kappa shape index (κ2) is 8.83. The largest absolute Gasteiger partial charge is 0.369 e. The second-order valence-corrected chi connectivity index (χ2v) is 7.04. The van der Waals surface area contributed by atoms with E-state index in [0.29, 0.717) is 19.1 Å². The van der Waals surface area contributed by atoms with Crippen LogP contribution in [0.1, 0.15) is 29.7 Å². The first-order valence-electron chi connectivity index (χ1n) is 8.03. The van der Waals surface area contributed by atoms with Crippen LogP contribution in [0.25, 0.3) is 0 Å². The molecule has 2 rings (SSSR count). The SMILES string of the molecule is CCNC(=NCc1ncc(C)s1)NC1CCN(CC(N)=O)CC1. The summed E-state index contributed by atoms with van der Waals surface area (Å²) in [6, 6.07) is 0.370. The zero-order valence-electron chi connectivity index (χ0n) is 13.8. The van der Waals surface area contributed by atoms with Gasteiger partial charge in [-0.05, 0) is 26.7 Å². The summed E-state index contributed by atoms with van der Waals surface area (Å²) in [6.07, 6.45) is 3.84. The number of thiazole rings is 1. The Morgan fingerprint density at radius 3 is 2.83 bits per heavy atom. The Labute approximate surface area is 141 Å². The van der Waals surface area contributed by atoms with E-state index < -0.39 is 0 Å². The number of aryl methyl sites for hydroxylation is 1. The Morgan fingerprint density at radius 2 is 2.26 bits per heavy atom. The van der Waals surface area contributed by atoms with Gasteiger partial charge in [0.05, 0.1) is 13.1 Å². The average Bonchev–Trinajstić information content (AvgIpc) is 2.92. The van der Waals surface area contributed by atoms with Crippen molar-refractivity contribution in [1.29, 1.82) is 0 Å². The summed E-state index contributed by atoms with van der Waals surface area (Å²) in [5.74, 6) is 0.568. The monoisotopic (exact) mass is 338 g/mol. The van der Waals surface area contributed by atoms with Gasteiger partial charge in [-0.15, -0.1) is 11.3 Å². The third-order valence-corrected chi connectivity index (χ3v) is 4.59. The molecule has 0 aliphatic carbocycles. The molecule has 23 heavy (non-hydrogen) atoms. The molecule has 0 bridgehead atoms. The zero-order chi connectivity index (χ0) is 16.7. The number of nitrogens with two attached hydrogens (primary N) is 1. The van der Waals surface area contributed by atoms with Crippen molar-refractivity contribution in [2.45, 2.75) is 39.3 Å². The second-order valence-electron chi connectivity index (χ2n) is 5.72. The lowest BCUT2D eigenvalue weighted by Crippen LogP contribution is -2.49. The van der Waals surface area contributed by atoms with Crippen molar-refractivity contribution >= 4 is 23.2 Å². The fourth-order valence-corrected chi connectivity index (χ4v) is 3.30. The number of nitrogens with one attached hydrogen (secondary N) is 2. The Morgan fingerprint density at radius 1 is 1.52 bits per heavy atom. The highest BCUT2D eigenvalue weighted by atomic mass is 32.1. The fourth-order valence-electron chi connectivity index (χ4n) is 2.59. The first-order chi connectivity index (χ1) is 11.1. The van der Waals surface area contributed by atoms with Gasteiger partial charge >= 0.3 is 0 Å². The van der Waals surface area contributed by atoms with E-state index in [0.717, 1.165) is 43.4 Å². The van der Waals surface area contributed by atoms with E-state index in [4.69, 9.17) is 5.73 Å². The number of nitrogens with zero attached hydrogens (tertiary/aromatic N) is 3. The number of likely N-dealkylation sites (tertiary alicyclic amines) is 1. The number of guanidine groups is 1. The summed E-state index contributed by atoms with van der Waals surface area (Å²) in [7, 11) is 0. The van der Waals surface area contributed by atoms with Gasteiger partial charge in [0.1, 0.15) is 5.01 Å². The van der Waals surface area contributed by atoms with Crippen LogP contribution in [0, 0.1) is 6.92 Å². The minimum absolute atomic E-state index is 0.259. The van der Waals surface area contributed by atoms with E-state index in [-0.39, 0.29) is 5.91 Å². The van der Waals surface area contributed by atoms with E-state index in [1.54, 1.807) is 11.3 Å². The summed E-state index contributed by atoms with van der Waals surface area (Å²) in [5, 5.41) is 7.78. The predicted molar refractivity (Wildman–Crippen MR) is 93.5 cm³/mol. The molecule has 0 unspecified atom stereocenters. The molecule has 0 radical (unpaired) electrons. The van der Waals surface area contributed by atoms with E-state index in [1.165, 1.54) is 4.88 Å². The Hall–Kier alpha value is -1.67. The molecule has 7 nitrogen and oxygen atoms in total. The topological polar surface area (TPSA) is 95.6 Å². The van der Waals surface area contributed by atoms with Gasteiger partial charge in [-0.3, -0.25) is 9.69 Å². The molecule has 128 valence electrons. The van der Waals surface area contributed by atoms with Crippen molar-refractivity contribution in [3.63, 3.8) is 0 Å². The van der Waals surface area contributed by atoms with Crippen LogP contribution in [0.5, 0.6) is 0 Å². The maximum atomic E-state index is 11.0. The number of carbonyl (C=O) groups excluding carboxylic acids is 1. The Kier molecular flexibility index (Phi) is 6.79. The van der Waals surface area contributed by atoms with Crippen LogP contribution in [0.3, 0.4) is 0 Å². The van der Waals surface area contributed by atoms with Crippen LogP contribution in [0.15, 0.2) is 11.2 Å². The number of hydrogen-bond acceptors (Lipinski definition) is 5. The molecular weight excluding hydrogens is 312 g/mol. The number of piperidine rings is 1. The summed E-state index contributed by atoms with van der Waals surface area (Å²) >= 11 is 1.68. The molecular formula is C15H26N6OS. The molecule has 1 aromatic heterocycles. The summed E-state index contributed by atoms with van der Waals surface area (Å²) in [5.41, 5.74) is 5.24. The third kappa shape index (κ3) is 6.15. The molecule has 1 aliphatic rings. The fraction of sp³-hybridized carbons (Fsp3) is 0.667. The maximum Gasteiger partial charge on any atom is 0.231 e. The van der Waals surface area contributed by atoms with Crippen LogP contribution in [0.2, 0.25) is 0 Å². The molecule has 0 aromatic carbocycles. The molecule has 4 N–H and O–H groups in total. The molecule has 1 aliphatic heterocycles. The number of amides is 1. The van der Waals surface area contributed by atoms with Crippen molar-refractivity contribution in [2.24, 2.45) is 10.7 Å². The van der Waals surface area contributed by atoms with E-state index in [1.807, 2.05) is 13.1 Å². The molecule has 0 spiro atoms. The lowest BCUT2D eigenvalue weighted by molar-refractivity contribution is -0.119. The standard InChI is InChI=1S/C15H26N6OS/c1-3-17-15(19-9-14-18-8-11(2)23-14)20-12-4-6-21(7-5-12)10-13(16)22/h8,12H,3-7,9-10H2,1-2H3,(H2,16,22)(H2,17,19,20). The van der Waals surface area contributed by atoms with Crippen molar-refractivity contribution in [3.05, 3.63) is 16.1 Å². The van der Waals surface area contributed by atoms with Gasteiger partial charge in [0.2, 0.25) is 5.91 Å². The average molecular weight is 338 g/mol. The minimum Gasteiger partial charge on any atom is -0.369 e. The van der Waals surface area contributed by atoms with Crippen LogP contribution < -0.4 is 16.4 Å². The van der Waals surface area contributed by atoms with Crippen molar-refractivity contribution in [1.82, 2.24) is 20.5 Å².